The van der Waals surface area contributed by atoms with Gasteiger partial charge in [0.2, 0.25) is 0 Å². The molecule has 0 aliphatic carbocycles. The monoisotopic (exact) mass is 273 g/mol. The third-order valence-electron chi connectivity index (χ3n) is 4.06. The summed E-state index contributed by atoms with van der Waals surface area (Å²) in [6.45, 7) is 15.4. The van der Waals surface area contributed by atoms with E-state index in [1.165, 1.54) is 16.9 Å². The van der Waals surface area contributed by atoms with E-state index >= 15 is 0 Å². The maximum atomic E-state index is 4.79. The first-order chi connectivity index (χ1) is 9.32. The zero-order valence-corrected chi connectivity index (χ0v) is 13.8. The van der Waals surface area contributed by atoms with Crippen molar-refractivity contribution in [2.24, 2.45) is 0 Å². The first-order valence-corrected chi connectivity index (χ1v) is 7.55. The topological polar surface area (TPSA) is 19.4 Å². The molecule has 20 heavy (non-hydrogen) atoms. The summed E-state index contributed by atoms with van der Waals surface area (Å²) >= 11 is 0. The molecule has 1 atom stereocenters. The lowest BCUT2D eigenvalue weighted by Gasteiger charge is -2.33. The molecule has 2 heterocycles. The van der Waals surface area contributed by atoms with Crippen LogP contribution in [0.3, 0.4) is 0 Å². The summed E-state index contributed by atoms with van der Waals surface area (Å²) in [5.41, 5.74) is 4.86. The Kier molecular flexibility index (Phi) is 4.07. The van der Waals surface area contributed by atoms with Crippen molar-refractivity contribution in [3.63, 3.8) is 0 Å². The summed E-state index contributed by atoms with van der Waals surface area (Å²) in [5.74, 6) is 0.472. The van der Waals surface area contributed by atoms with Crippen LogP contribution >= 0.6 is 0 Å². The van der Waals surface area contributed by atoms with Gasteiger partial charge in [0.05, 0.1) is 11.4 Å². The van der Waals surface area contributed by atoms with E-state index in [0.717, 1.165) is 5.69 Å². The van der Waals surface area contributed by atoms with Crippen LogP contribution in [0.1, 0.15) is 57.5 Å². The van der Waals surface area contributed by atoms with Crippen LogP contribution in [0.15, 0.2) is 18.5 Å². The number of anilines is 1. The Morgan fingerprint density at radius 1 is 1.10 bits per heavy atom. The van der Waals surface area contributed by atoms with Crippen LogP contribution in [-0.2, 0) is 0 Å². The van der Waals surface area contributed by atoms with Crippen molar-refractivity contribution < 1.29 is 0 Å². The van der Waals surface area contributed by atoms with Crippen LogP contribution in [0.4, 0.5) is 5.69 Å². The predicted molar refractivity (Wildman–Crippen MR) is 85.9 cm³/mol. The minimum Gasteiger partial charge on any atom is -0.353 e. The average Bonchev–Trinajstić information content (AvgIpc) is 2.70. The van der Waals surface area contributed by atoms with Gasteiger partial charge in [-0.3, -0.25) is 4.98 Å². The Bertz CT molecular complexity index is 494. The molecule has 1 aliphatic heterocycles. The van der Waals surface area contributed by atoms with E-state index in [0.29, 0.717) is 18.1 Å². The van der Waals surface area contributed by atoms with Crippen LogP contribution < -0.4 is 4.90 Å². The highest BCUT2D eigenvalue weighted by molar-refractivity contribution is 5.60. The summed E-state index contributed by atoms with van der Waals surface area (Å²) in [6, 6.07) is 2.74. The van der Waals surface area contributed by atoms with Crippen molar-refractivity contribution >= 4 is 5.69 Å². The summed E-state index contributed by atoms with van der Waals surface area (Å²) in [5, 5.41) is 0. The smallest absolute Gasteiger partial charge is 0.103 e. The molecule has 1 aromatic heterocycles. The molecule has 0 saturated heterocycles. The number of nitrogens with zero attached hydrogens (tertiary/aromatic N) is 3. The highest BCUT2D eigenvalue weighted by Gasteiger charge is 2.27. The third kappa shape index (κ3) is 2.54. The van der Waals surface area contributed by atoms with Gasteiger partial charge in [0.15, 0.2) is 0 Å². The molecule has 3 nitrogen and oxygen atoms in total. The maximum absolute atomic E-state index is 4.79. The molecular formula is C17H27N3. The number of aryl methyl sites for hydroxylation is 2. The van der Waals surface area contributed by atoms with Crippen LogP contribution in [0.2, 0.25) is 0 Å². The lowest BCUT2D eigenvalue weighted by atomic mass is 10.0. The van der Waals surface area contributed by atoms with Crippen molar-refractivity contribution in [2.75, 3.05) is 4.90 Å². The standard InChI is InChI=1S/C17H27N3/c1-11(2)16-10-13(5)17(14(6)18-16)20-9-8-19(12(3)4)15(20)7/h8-12,15H,1-7H3/t15-/m1/s1. The van der Waals surface area contributed by atoms with E-state index in [1.54, 1.807) is 0 Å². The Balaban J connectivity index is 2.38. The van der Waals surface area contributed by atoms with Crippen LogP contribution in [0.25, 0.3) is 0 Å². The molecule has 0 N–H and O–H groups in total. The molecule has 0 fully saturated rings. The van der Waals surface area contributed by atoms with E-state index in [1.807, 2.05) is 0 Å². The minimum absolute atomic E-state index is 0.346. The second kappa shape index (κ2) is 5.47. The second-order valence-corrected chi connectivity index (χ2v) is 6.33. The predicted octanol–water partition coefficient (Wildman–Crippen LogP) is 4.17. The molecule has 0 aromatic carbocycles. The highest BCUT2D eigenvalue weighted by atomic mass is 15.4. The van der Waals surface area contributed by atoms with Gasteiger partial charge in [0, 0.05) is 24.1 Å². The fraction of sp³-hybridized carbons (Fsp3) is 0.588. The van der Waals surface area contributed by atoms with E-state index in [9.17, 15) is 0 Å². The molecule has 110 valence electrons. The Morgan fingerprint density at radius 3 is 2.20 bits per heavy atom. The van der Waals surface area contributed by atoms with Crippen molar-refractivity contribution in [3.05, 3.63) is 35.4 Å². The number of hydrogen-bond donors (Lipinski definition) is 0. The van der Waals surface area contributed by atoms with Gasteiger partial charge in [-0.05, 0) is 52.2 Å². The van der Waals surface area contributed by atoms with Crippen LogP contribution in [0, 0.1) is 13.8 Å². The van der Waals surface area contributed by atoms with Gasteiger partial charge in [0.1, 0.15) is 6.17 Å². The number of pyridine rings is 1. The Labute approximate surface area is 123 Å². The molecule has 0 bridgehead atoms. The first-order valence-electron chi connectivity index (χ1n) is 7.55. The molecule has 1 aliphatic rings. The van der Waals surface area contributed by atoms with Gasteiger partial charge < -0.3 is 9.80 Å². The molecule has 3 heteroatoms. The second-order valence-electron chi connectivity index (χ2n) is 6.33. The van der Waals surface area contributed by atoms with E-state index in [2.05, 4.69) is 76.7 Å². The number of aromatic nitrogens is 1. The summed E-state index contributed by atoms with van der Waals surface area (Å²) in [4.78, 5) is 9.49. The maximum Gasteiger partial charge on any atom is 0.103 e. The van der Waals surface area contributed by atoms with Gasteiger partial charge in [0.25, 0.3) is 0 Å². The van der Waals surface area contributed by atoms with Gasteiger partial charge >= 0.3 is 0 Å². The number of rotatable bonds is 3. The SMILES string of the molecule is Cc1cc(C(C)C)nc(C)c1N1C=CN(C(C)C)[C@H]1C. The lowest BCUT2D eigenvalue weighted by molar-refractivity contribution is 0.263. The van der Waals surface area contributed by atoms with E-state index in [4.69, 9.17) is 4.98 Å². The van der Waals surface area contributed by atoms with Crippen LogP contribution in [0.5, 0.6) is 0 Å². The molecule has 0 radical (unpaired) electrons. The lowest BCUT2D eigenvalue weighted by Crippen LogP contribution is -2.40. The summed E-state index contributed by atoms with van der Waals surface area (Å²) in [7, 11) is 0. The van der Waals surface area contributed by atoms with Crippen molar-refractivity contribution in [1.82, 2.24) is 9.88 Å². The molecule has 0 spiro atoms. The average molecular weight is 273 g/mol. The van der Waals surface area contributed by atoms with Crippen molar-refractivity contribution in [2.45, 2.75) is 66.6 Å². The summed E-state index contributed by atoms with van der Waals surface area (Å²) in [6.07, 6.45) is 4.71. The molecular weight excluding hydrogens is 246 g/mol. The van der Waals surface area contributed by atoms with Gasteiger partial charge in [-0.2, -0.15) is 0 Å². The van der Waals surface area contributed by atoms with E-state index < -0.39 is 0 Å². The van der Waals surface area contributed by atoms with Gasteiger partial charge in [-0.1, -0.05) is 13.8 Å². The fourth-order valence-corrected chi connectivity index (χ4v) is 2.95. The quantitative estimate of drug-likeness (QED) is 0.824. The van der Waals surface area contributed by atoms with Crippen LogP contribution in [-0.4, -0.2) is 22.1 Å². The molecule has 1 aromatic rings. The molecule has 0 amide bonds. The Morgan fingerprint density at radius 2 is 1.75 bits per heavy atom. The zero-order chi connectivity index (χ0) is 15.0. The first kappa shape index (κ1) is 14.9. The van der Waals surface area contributed by atoms with Gasteiger partial charge in [-0.25, -0.2) is 0 Å². The van der Waals surface area contributed by atoms with Crippen molar-refractivity contribution in [3.8, 4) is 0 Å². The highest BCUT2D eigenvalue weighted by Crippen LogP contribution is 2.32. The van der Waals surface area contributed by atoms with Gasteiger partial charge in [-0.15, -0.1) is 0 Å². The zero-order valence-electron chi connectivity index (χ0n) is 13.8. The molecule has 2 rings (SSSR count). The third-order valence-corrected chi connectivity index (χ3v) is 4.06. The Hall–Kier alpha value is -1.51. The fourth-order valence-electron chi connectivity index (χ4n) is 2.95. The molecule has 0 saturated carbocycles. The molecule has 0 unspecified atom stereocenters. The normalized spacial score (nSPS) is 18.8. The minimum atomic E-state index is 0.346. The van der Waals surface area contributed by atoms with E-state index in [-0.39, 0.29) is 0 Å². The summed E-state index contributed by atoms with van der Waals surface area (Å²) < 4.78 is 0. The number of hydrogen-bond acceptors (Lipinski definition) is 3. The van der Waals surface area contributed by atoms with Crippen molar-refractivity contribution in [1.29, 1.82) is 0 Å². The largest absolute Gasteiger partial charge is 0.353 e.